The van der Waals surface area contributed by atoms with Crippen molar-refractivity contribution in [2.75, 3.05) is 36.0 Å². The Morgan fingerprint density at radius 1 is 0.244 bits per heavy atom. The van der Waals surface area contributed by atoms with Crippen LogP contribution in [-0.2, 0) is 0 Å². The molecule has 0 aliphatic carbocycles. The molecule has 6 aromatic rings. The van der Waals surface area contributed by atoms with Crippen molar-refractivity contribution in [1.82, 2.24) is 0 Å². The fourth-order valence-electron chi connectivity index (χ4n) is 10.2. The smallest absolute Gasteiger partial charge is 0.0366 e. The average Bonchev–Trinajstić information content (AvgIpc) is 3.49. The van der Waals surface area contributed by atoms with E-state index < -0.39 is 0 Å². The number of anilines is 2. The molecule has 0 N–H and O–H groups in total. The molecule has 0 bridgehead atoms. The number of hydrogen-bond acceptors (Lipinski definition) is 2. The van der Waals surface area contributed by atoms with Gasteiger partial charge in [-0.15, -0.1) is 0 Å². The van der Waals surface area contributed by atoms with Crippen molar-refractivity contribution in [1.29, 1.82) is 0 Å². The molecule has 0 fully saturated rings. The van der Waals surface area contributed by atoms with E-state index in [4.69, 9.17) is 0 Å². The van der Waals surface area contributed by atoms with Crippen LogP contribution in [0.1, 0.15) is 226 Å². The molecule has 2 nitrogen and oxygen atoms in total. The normalized spacial score (nSPS) is 11.2. The van der Waals surface area contributed by atoms with Crippen molar-refractivity contribution in [2.45, 2.75) is 182 Å². The fourth-order valence-corrected chi connectivity index (χ4v) is 10.2. The molecule has 0 unspecified atom stereocenters. The largest absolute Gasteiger partial charge is 0.372 e. The van der Waals surface area contributed by atoms with Crippen molar-refractivity contribution >= 4 is 35.7 Å². The summed E-state index contributed by atoms with van der Waals surface area (Å²) >= 11 is 0. The lowest BCUT2D eigenvalue weighted by molar-refractivity contribution is 0.575. The van der Waals surface area contributed by atoms with Crippen molar-refractivity contribution in [3.63, 3.8) is 0 Å². The summed E-state index contributed by atoms with van der Waals surface area (Å²) < 4.78 is 0. The van der Waals surface area contributed by atoms with Crippen molar-refractivity contribution in [3.8, 4) is 34.8 Å². The summed E-state index contributed by atoms with van der Waals surface area (Å²) in [6, 6.07) is 52.6. The number of rotatable bonds is 35. The maximum absolute atomic E-state index is 3.37. The van der Waals surface area contributed by atoms with Gasteiger partial charge in [-0.3, -0.25) is 0 Å². The van der Waals surface area contributed by atoms with E-state index in [1.54, 1.807) is 0 Å². The second-order valence-electron chi connectivity index (χ2n) is 21.8. The molecule has 0 atom stereocenters. The van der Waals surface area contributed by atoms with Crippen LogP contribution < -0.4 is 9.80 Å². The van der Waals surface area contributed by atoms with Crippen LogP contribution in [0, 0.1) is 23.7 Å². The molecule has 0 spiro atoms. The number of hydrogen-bond donors (Lipinski definition) is 0. The van der Waals surface area contributed by atoms with Gasteiger partial charge in [0.2, 0.25) is 0 Å². The summed E-state index contributed by atoms with van der Waals surface area (Å²) in [5.74, 6) is 13.5. The van der Waals surface area contributed by atoms with Gasteiger partial charge >= 0.3 is 0 Å². The first-order valence-electron chi connectivity index (χ1n) is 31.0. The summed E-state index contributed by atoms with van der Waals surface area (Å²) in [6.45, 7) is 13.8. The Morgan fingerprint density at radius 2 is 0.449 bits per heavy atom. The van der Waals surface area contributed by atoms with Crippen molar-refractivity contribution in [3.05, 3.63) is 190 Å². The van der Waals surface area contributed by atoms with E-state index in [0.717, 1.165) is 59.6 Å². The third-order valence-corrected chi connectivity index (χ3v) is 15.2. The zero-order chi connectivity index (χ0) is 54.5. The minimum atomic E-state index is 1.00. The summed E-state index contributed by atoms with van der Waals surface area (Å²) in [4.78, 5) is 5.27. The van der Waals surface area contributed by atoms with E-state index in [0.29, 0.717) is 0 Å². The molecule has 0 radical (unpaired) electrons. The first-order valence-corrected chi connectivity index (χ1v) is 31.0. The third-order valence-electron chi connectivity index (χ3n) is 15.2. The molecule has 0 saturated heterocycles. The monoisotopic (exact) mass is 1040 g/mol. The molecule has 2 heteroatoms. The van der Waals surface area contributed by atoms with Gasteiger partial charge in [-0.1, -0.05) is 277 Å². The lowest BCUT2D eigenvalue weighted by Crippen LogP contribution is -2.25. The highest BCUT2D eigenvalue weighted by Gasteiger charge is 2.09. The predicted molar refractivity (Wildman–Crippen MR) is 345 cm³/mol. The molecule has 0 aliphatic rings. The summed E-state index contributed by atoms with van der Waals surface area (Å²) in [5.41, 5.74) is 13.9. The lowest BCUT2D eigenvalue weighted by atomic mass is 10.0. The lowest BCUT2D eigenvalue weighted by Gasteiger charge is -2.25. The molecule has 0 aliphatic heterocycles. The second-order valence-corrected chi connectivity index (χ2v) is 21.8. The van der Waals surface area contributed by atoms with Crippen LogP contribution in [0.2, 0.25) is 0 Å². The Kier molecular flexibility index (Phi) is 29.1. The Balaban J connectivity index is 0.947. The number of unbranched alkanes of at least 4 members (excludes halogenated alkanes) is 20. The third kappa shape index (κ3) is 23.6. The summed E-state index contributed by atoms with van der Waals surface area (Å²) in [7, 11) is 0. The molecule has 410 valence electrons. The van der Waals surface area contributed by atoms with E-state index in [9.17, 15) is 0 Å². The molecule has 0 aromatic heterocycles. The topological polar surface area (TPSA) is 6.48 Å². The Morgan fingerprint density at radius 3 is 0.692 bits per heavy atom. The van der Waals surface area contributed by atoms with Gasteiger partial charge in [-0.2, -0.15) is 0 Å². The quantitative estimate of drug-likeness (QED) is 0.0222. The Labute approximate surface area is 475 Å². The minimum Gasteiger partial charge on any atom is -0.372 e. The molecular formula is C76H96N2. The predicted octanol–water partition coefficient (Wildman–Crippen LogP) is 21.5. The molecule has 0 saturated carbocycles. The molecule has 6 rings (SSSR count). The highest BCUT2D eigenvalue weighted by atomic mass is 15.1. The van der Waals surface area contributed by atoms with Gasteiger partial charge < -0.3 is 9.80 Å². The van der Waals surface area contributed by atoms with Gasteiger partial charge in [-0.25, -0.2) is 0 Å². The van der Waals surface area contributed by atoms with E-state index in [2.05, 4.69) is 231 Å². The second kappa shape index (κ2) is 37.4. The van der Waals surface area contributed by atoms with Crippen molar-refractivity contribution in [2.24, 2.45) is 0 Å². The Bertz CT molecular complexity index is 2470. The van der Waals surface area contributed by atoms with E-state index in [1.807, 2.05) is 0 Å². The van der Waals surface area contributed by atoms with Gasteiger partial charge in [0, 0.05) is 59.8 Å². The first kappa shape index (κ1) is 60.7. The molecule has 0 amide bonds. The van der Waals surface area contributed by atoms with Crippen molar-refractivity contribution < 1.29 is 0 Å². The highest BCUT2D eigenvalue weighted by molar-refractivity contribution is 5.72. The molecule has 0 heterocycles. The fraction of sp³-hybridized carbons (Fsp3) is 0.421. The van der Waals surface area contributed by atoms with Gasteiger partial charge in [0.25, 0.3) is 0 Å². The summed E-state index contributed by atoms with van der Waals surface area (Å²) in [5, 5.41) is 0. The zero-order valence-corrected chi connectivity index (χ0v) is 48.9. The van der Waals surface area contributed by atoms with E-state index in [1.165, 1.54) is 188 Å². The number of benzene rings is 6. The van der Waals surface area contributed by atoms with Crippen LogP contribution in [0.4, 0.5) is 11.4 Å². The van der Waals surface area contributed by atoms with E-state index >= 15 is 0 Å². The van der Waals surface area contributed by atoms with Gasteiger partial charge in [0.15, 0.2) is 0 Å². The Hall–Kier alpha value is -6.48. The van der Waals surface area contributed by atoms with Crippen LogP contribution >= 0.6 is 0 Å². The highest BCUT2D eigenvalue weighted by Crippen LogP contribution is 2.24. The average molecular weight is 1040 g/mol. The SMILES string of the molecule is CCCCCCCCN(CCCCCCCC)c1ccc(/C=C/c2ccc(C#Cc3ccc(-c4ccc(C#Cc5ccc(/C=C/c6ccc(N(CCCCCCCC)CCCCCCCC)cc6)cc5)cc4)cc3)cc2)cc1. The first-order chi connectivity index (χ1) is 38.5. The van der Waals surface area contributed by atoms with Crippen LogP contribution in [0.5, 0.6) is 0 Å². The maximum Gasteiger partial charge on any atom is 0.0366 e. The molecular weight excluding hydrogens is 941 g/mol. The van der Waals surface area contributed by atoms with Gasteiger partial charge in [-0.05, 0) is 132 Å². The van der Waals surface area contributed by atoms with Crippen LogP contribution in [-0.4, -0.2) is 26.2 Å². The summed E-state index contributed by atoms with van der Waals surface area (Å²) in [6.07, 6.45) is 41.0. The van der Waals surface area contributed by atoms with Crippen LogP contribution in [0.15, 0.2) is 146 Å². The standard InChI is InChI=1S/C76H96N2/c1-5-9-13-17-21-25-61-77(62-26-22-18-14-10-6-2)75-57-49-71(50-58-75)43-39-67-33-29-65(30-34-67)37-41-69-45-53-73(54-46-69)74-55-47-70(48-56-74)42-38-66-31-35-68(36-32-66)40-44-72-51-59-76(60-52-72)78(63-27-23-19-15-11-7-3)64-28-24-20-16-12-8-4/h29-36,39-40,43-60H,5-28,61-64H2,1-4H3/b43-39+,44-40+. The van der Waals surface area contributed by atoms with E-state index in [-0.39, 0.29) is 0 Å². The van der Waals surface area contributed by atoms with Gasteiger partial charge in [0.1, 0.15) is 0 Å². The number of nitrogens with zero attached hydrogens (tertiary/aromatic N) is 2. The molecule has 6 aromatic carbocycles. The van der Waals surface area contributed by atoms with Crippen LogP contribution in [0.3, 0.4) is 0 Å². The maximum atomic E-state index is 3.37. The van der Waals surface area contributed by atoms with Gasteiger partial charge in [0.05, 0.1) is 0 Å². The van der Waals surface area contributed by atoms with Crippen LogP contribution in [0.25, 0.3) is 35.4 Å². The zero-order valence-electron chi connectivity index (χ0n) is 48.9. The molecule has 78 heavy (non-hydrogen) atoms. The minimum absolute atomic E-state index is 1.00.